The zero-order valence-corrected chi connectivity index (χ0v) is 19.4. The zero-order valence-electron chi connectivity index (χ0n) is 18.6. The number of halogens is 1. The van der Waals surface area contributed by atoms with Crippen LogP contribution in [-0.4, -0.2) is 48.7 Å². The largest absolute Gasteiger partial charge is 0.497 e. The van der Waals surface area contributed by atoms with E-state index in [0.29, 0.717) is 47.8 Å². The summed E-state index contributed by atoms with van der Waals surface area (Å²) in [4.78, 5) is 40.5. The van der Waals surface area contributed by atoms with Crippen LogP contribution in [0, 0.1) is 11.8 Å². The van der Waals surface area contributed by atoms with Gasteiger partial charge >= 0.3 is 0 Å². The van der Waals surface area contributed by atoms with Gasteiger partial charge in [0, 0.05) is 24.6 Å². The van der Waals surface area contributed by atoms with E-state index in [-0.39, 0.29) is 29.4 Å². The molecule has 2 amide bonds. The number of ketones is 1. The summed E-state index contributed by atoms with van der Waals surface area (Å²) in [6.45, 7) is 4.76. The van der Waals surface area contributed by atoms with Gasteiger partial charge in [-0.05, 0) is 55.2 Å². The molecule has 2 aromatic carbocycles. The number of benzene rings is 2. The lowest BCUT2D eigenvalue weighted by Gasteiger charge is -2.35. The number of hydrogen-bond acceptors (Lipinski definition) is 4. The predicted molar refractivity (Wildman–Crippen MR) is 124 cm³/mol. The quantitative estimate of drug-likeness (QED) is 0.633. The molecule has 0 saturated carbocycles. The summed E-state index contributed by atoms with van der Waals surface area (Å²) in [5, 5.41) is 3.19. The van der Waals surface area contributed by atoms with Crippen molar-refractivity contribution in [2.75, 3.05) is 20.2 Å². The molecule has 1 fully saturated rings. The molecule has 0 bridgehead atoms. The molecular formula is C25H29ClN2O4. The highest BCUT2D eigenvalue weighted by molar-refractivity contribution is 6.33. The van der Waals surface area contributed by atoms with Crippen LogP contribution in [0.25, 0.3) is 0 Å². The number of nitrogens with zero attached hydrogens (tertiary/aromatic N) is 1. The highest BCUT2D eigenvalue weighted by atomic mass is 35.5. The average Bonchev–Trinajstić information content (AvgIpc) is 2.81. The Morgan fingerprint density at radius 2 is 1.66 bits per heavy atom. The number of carbonyl (C=O) groups excluding carboxylic acids is 3. The third kappa shape index (κ3) is 5.49. The van der Waals surface area contributed by atoms with E-state index in [1.807, 2.05) is 13.8 Å². The first-order valence-corrected chi connectivity index (χ1v) is 11.2. The SMILES string of the molecule is COc1ccc(C(=O)C2CCN(C(=O)C(NC(=O)c3ccccc3Cl)C(C)C)CC2)cc1. The number of ether oxygens (including phenoxy) is 1. The lowest BCUT2D eigenvalue weighted by molar-refractivity contribution is -0.135. The Labute approximate surface area is 193 Å². The summed E-state index contributed by atoms with van der Waals surface area (Å²) in [7, 11) is 1.59. The van der Waals surface area contributed by atoms with E-state index < -0.39 is 6.04 Å². The van der Waals surface area contributed by atoms with E-state index in [1.165, 1.54) is 0 Å². The number of piperidine rings is 1. The standard InChI is InChI=1S/C25H29ClN2O4/c1-16(2)22(27-24(30)20-6-4-5-7-21(20)26)25(31)28-14-12-18(13-15-28)23(29)17-8-10-19(32-3)11-9-17/h4-11,16,18,22H,12-15H2,1-3H3,(H,27,30). The summed E-state index contributed by atoms with van der Waals surface area (Å²) < 4.78 is 5.15. The van der Waals surface area contributed by atoms with Gasteiger partial charge in [-0.25, -0.2) is 0 Å². The molecule has 0 aromatic heterocycles. The van der Waals surface area contributed by atoms with Crippen molar-refractivity contribution < 1.29 is 19.1 Å². The smallest absolute Gasteiger partial charge is 0.253 e. The van der Waals surface area contributed by atoms with Crippen molar-refractivity contribution in [1.82, 2.24) is 10.2 Å². The Morgan fingerprint density at radius 1 is 1.03 bits per heavy atom. The molecule has 1 aliphatic heterocycles. The minimum absolute atomic E-state index is 0.0900. The van der Waals surface area contributed by atoms with Crippen molar-refractivity contribution in [1.29, 1.82) is 0 Å². The van der Waals surface area contributed by atoms with E-state index >= 15 is 0 Å². The van der Waals surface area contributed by atoms with Gasteiger partial charge < -0.3 is 15.0 Å². The van der Waals surface area contributed by atoms with Crippen LogP contribution in [0.3, 0.4) is 0 Å². The molecule has 0 aliphatic carbocycles. The van der Waals surface area contributed by atoms with Crippen molar-refractivity contribution >= 4 is 29.2 Å². The zero-order chi connectivity index (χ0) is 23.3. The van der Waals surface area contributed by atoms with Crippen molar-refractivity contribution in [2.24, 2.45) is 11.8 Å². The van der Waals surface area contributed by atoms with Crippen LogP contribution < -0.4 is 10.1 Å². The molecule has 3 rings (SSSR count). The van der Waals surface area contributed by atoms with Gasteiger partial charge in [-0.2, -0.15) is 0 Å². The monoisotopic (exact) mass is 456 g/mol. The second-order valence-corrected chi connectivity index (χ2v) is 8.77. The minimum Gasteiger partial charge on any atom is -0.497 e. The average molecular weight is 457 g/mol. The molecule has 1 atom stereocenters. The van der Waals surface area contributed by atoms with Crippen LogP contribution in [0.15, 0.2) is 48.5 Å². The van der Waals surface area contributed by atoms with Crippen LogP contribution in [0.5, 0.6) is 5.75 Å². The van der Waals surface area contributed by atoms with Crippen molar-refractivity contribution in [3.05, 3.63) is 64.7 Å². The first-order chi connectivity index (χ1) is 15.3. The number of methoxy groups -OCH3 is 1. The molecule has 0 spiro atoms. The van der Waals surface area contributed by atoms with Gasteiger partial charge in [0.25, 0.3) is 5.91 Å². The van der Waals surface area contributed by atoms with Gasteiger partial charge in [-0.15, -0.1) is 0 Å². The van der Waals surface area contributed by atoms with E-state index in [0.717, 1.165) is 0 Å². The molecule has 7 heteroatoms. The van der Waals surface area contributed by atoms with E-state index in [4.69, 9.17) is 16.3 Å². The summed E-state index contributed by atoms with van der Waals surface area (Å²) in [5.74, 6) is 0.0888. The fourth-order valence-corrected chi connectivity index (χ4v) is 4.15. The normalized spacial score (nSPS) is 15.3. The fourth-order valence-electron chi connectivity index (χ4n) is 3.93. The molecule has 1 aliphatic rings. The maximum absolute atomic E-state index is 13.2. The second-order valence-electron chi connectivity index (χ2n) is 8.37. The Hall–Kier alpha value is -2.86. The lowest BCUT2D eigenvalue weighted by Crippen LogP contribution is -2.53. The van der Waals surface area contributed by atoms with Crippen LogP contribution in [0.1, 0.15) is 47.4 Å². The number of nitrogens with one attached hydrogen (secondary N) is 1. The molecule has 2 aromatic rings. The van der Waals surface area contributed by atoms with E-state index in [1.54, 1.807) is 60.5 Å². The number of carbonyl (C=O) groups is 3. The number of rotatable bonds is 7. The molecule has 1 N–H and O–H groups in total. The maximum atomic E-state index is 13.2. The lowest BCUT2D eigenvalue weighted by atomic mass is 9.88. The van der Waals surface area contributed by atoms with Crippen molar-refractivity contribution in [2.45, 2.75) is 32.7 Å². The highest BCUT2D eigenvalue weighted by Gasteiger charge is 2.33. The van der Waals surface area contributed by atoms with Gasteiger partial charge in [-0.1, -0.05) is 37.6 Å². The topological polar surface area (TPSA) is 75.7 Å². The number of hydrogen-bond donors (Lipinski definition) is 1. The third-order valence-electron chi connectivity index (χ3n) is 5.89. The Balaban J connectivity index is 1.61. The second kappa shape index (κ2) is 10.6. The molecule has 0 radical (unpaired) electrons. The van der Waals surface area contributed by atoms with Crippen LogP contribution in [-0.2, 0) is 4.79 Å². The third-order valence-corrected chi connectivity index (χ3v) is 6.22. The molecule has 1 heterocycles. The molecule has 170 valence electrons. The first kappa shape index (κ1) is 23.8. The van der Waals surface area contributed by atoms with Crippen molar-refractivity contribution in [3.8, 4) is 5.75 Å². The molecular weight excluding hydrogens is 428 g/mol. The van der Waals surface area contributed by atoms with Gasteiger partial charge in [0.2, 0.25) is 5.91 Å². The van der Waals surface area contributed by atoms with Crippen molar-refractivity contribution in [3.63, 3.8) is 0 Å². The molecule has 32 heavy (non-hydrogen) atoms. The Kier molecular flexibility index (Phi) is 7.91. The highest BCUT2D eigenvalue weighted by Crippen LogP contribution is 2.24. The molecule has 1 saturated heterocycles. The summed E-state index contributed by atoms with van der Waals surface area (Å²) in [6, 6.07) is 13.2. The summed E-state index contributed by atoms with van der Waals surface area (Å²) in [6.07, 6.45) is 1.19. The Bertz CT molecular complexity index is 966. The number of Topliss-reactive ketones (excluding diaryl/α,β-unsaturated/α-hetero) is 1. The van der Waals surface area contributed by atoms with Crippen LogP contribution in [0.2, 0.25) is 5.02 Å². The van der Waals surface area contributed by atoms with Crippen LogP contribution >= 0.6 is 11.6 Å². The van der Waals surface area contributed by atoms with E-state index in [9.17, 15) is 14.4 Å². The van der Waals surface area contributed by atoms with E-state index in [2.05, 4.69) is 5.32 Å². The van der Waals surface area contributed by atoms with Gasteiger partial charge in [0.15, 0.2) is 5.78 Å². The number of amides is 2. The number of likely N-dealkylation sites (tertiary alicyclic amines) is 1. The van der Waals surface area contributed by atoms with Crippen LogP contribution in [0.4, 0.5) is 0 Å². The summed E-state index contributed by atoms with van der Waals surface area (Å²) >= 11 is 6.13. The maximum Gasteiger partial charge on any atom is 0.253 e. The molecule has 6 nitrogen and oxygen atoms in total. The van der Waals surface area contributed by atoms with Gasteiger partial charge in [0.1, 0.15) is 11.8 Å². The predicted octanol–water partition coefficient (Wildman–Crippen LogP) is 4.22. The fraction of sp³-hybridized carbons (Fsp3) is 0.400. The molecule has 1 unspecified atom stereocenters. The van der Waals surface area contributed by atoms with Gasteiger partial charge in [-0.3, -0.25) is 14.4 Å². The first-order valence-electron chi connectivity index (χ1n) is 10.8. The minimum atomic E-state index is -0.660. The Morgan fingerprint density at radius 3 is 2.22 bits per heavy atom. The van der Waals surface area contributed by atoms with Gasteiger partial charge in [0.05, 0.1) is 17.7 Å². The summed E-state index contributed by atoms with van der Waals surface area (Å²) in [5.41, 5.74) is 0.999.